The quantitative estimate of drug-likeness (QED) is 0.699. The highest BCUT2D eigenvalue weighted by Gasteiger charge is 2.38. The van der Waals surface area contributed by atoms with Gasteiger partial charge in [0, 0.05) is 23.3 Å². The van der Waals surface area contributed by atoms with Crippen molar-refractivity contribution in [2.45, 2.75) is 27.7 Å². The molecule has 0 radical (unpaired) electrons. The Bertz CT molecular complexity index is 1360. The van der Waals surface area contributed by atoms with Crippen LogP contribution in [0.15, 0.2) is 39.9 Å². The molecule has 2 aliphatic heterocycles. The second kappa shape index (κ2) is 7.31. The van der Waals surface area contributed by atoms with Gasteiger partial charge in [-0.05, 0) is 74.4 Å². The van der Waals surface area contributed by atoms with Gasteiger partial charge in [0.1, 0.15) is 0 Å². The van der Waals surface area contributed by atoms with Crippen molar-refractivity contribution in [1.29, 1.82) is 5.41 Å². The lowest BCUT2D eigenvalue weighted by molar-refractivity contribution is -0.114. The normalized spacial score (nSPS) is 17.8. The fourth-order valence-electron chi connectivity index (χ4n) is 3.56. The first-order valence-electron chi connectivity index (χ1n) is 9.45. The minimum Gasteiger partial charge on any atom is -0.318 e. The van der Waals surface area contributed by atoms with E-state index in [1.165, 1.54) is 5.56 Å². The summed E-state index contributed by atoms with van der Waals surface area (Å²) in [5.41, 5.74) is 6.16. The van der Waals surface area contributed by atoms with Crippen molar-refractivity contribution in [3.8, 4) is 5.69 Å². The number of thioether (sulfide) groups is 1. The van der Waals surface area contributed by atoms with E-state index in [4.69, 9.17) is 5.41 Å². The monoisotopic (exact) mass is 455 g/mol. The standard InChI is InChI=1S/C21H21N5O3S2/c1-11-7-6-8-17(13(11)3)25-12(2)9-15(14(25)4)10-16-18(22)26-20(23-19(16)27)30-21(24-26)31(5,28)29/h6-10,22H,1-5H3/b16-10+,22-18?. The summed E-state index contributed by atoms with van der Waals surface area (Å²) in [6, 6.07) is 8.07. The van der Waals surface area contributed by atoms with Crippen LogP contribution in [0.5, 0.6) is 0 Å². The van der Waals surface area contributed by atoms with Crippen LogP contribution in [0.3, 0.4) is 0 Å². The molecule has 0 spiro atoms. The molecule has 1 amide bonds. The topological polar surface area (TPSA) is 108 Å². The predicted octanol–water partition coefficient (Wildman–Crippen LogP) is 3.33. The zero-order valence-corrected chi connectivity index (χ0v) is 19.3. The van der Waals surface area contributed by atoms with Crippen LogP contribution in [-0.4, -0.2) is 45.5 Å². The number of amides is 1. The van der Waals surface area contributed by atoms with Crippen molar-refractivity contribution in [3.63, 3.8) is 0 Å². The molecule has 0 saturated heterocycles. The summed E-state index contributed by atoms with van der Waals surface area (Å²) >= 11 is 0.772. The second-order valence-electron chi connectivity index (χ2n) is 7.54. The van der Waals surface area contributed by atoms with E-state index in [2.05, 4.69) is 34.6 Å². The SMILES string of the molecule is Cc1cccc(-n2c(C)cc(/C=C3\C(=N)N4N=C(S(C)(=O)=O)SC4=NC3=O)c2C)c1C. The summed E-state index contributed by atoms with van der Waals surface area (Å²) < 4.78 is 25.5. The molecule has 4 rings (SSSR count). The van der Waals surface area contributed by atoms with Crippen LogP contribution in [-0.2, 0) is 14.6 Å². The molecular weight excluding hydrogens is 434 g/mol. The Morgan fingerprint density at radius 1 is 1.16 bits per heavy atom. The summed E-state index contributed by atoms with van der Waals surface area (Å²) in [6.07, 6.45) is 2.65. The highest BCUT2D eigenvalue weighted by Crippen LogP contribution is 2.31. The van der Waals surface area contributed by atoms with Crippen molar-refractivity contribution >= 4 is 49.0 Å². The molecule has 3 heterocycles. The number of fused-ring (bicyclic) bond motifs is 1. The number of nitrogens with zero attached hydrogens (tertiary/aromatic N) is 4. The van der Waals surface area contributed by atoms with Crippen molar-refractivity contribution in [3.05, 3.63) is 57.9 Å². The molecule has 2 aliphatic rings. The maximum Gasteiger partial charge on any atom is 0.283 e. The number of aryl methyl sites for hydroxylation is 2. The third-order valence-corrected chi connectivity index (χ3v) is 7.92. The minimum absolute atomic E-state index is 0.0593. The van der Waals surface area contributed by atoms with E-state index < -0.39 is 15.7 Å². The molecule has 0 bridgehead atoms. The summed E-state index contributed by atoms with van der Waals surface area (Å²) in [6.45, 7) is 8.08. The van der Waals surface area contributed by atoms with Crippen LogP contribution in [0.25, 0.3) is 11.8 Å². The Hall–Kier alpha value is -2.98. The van der Waals surface area contributed by atoms with E-state index in [9.17, 15) is 13.2 Å². The van der Waals surface area contributed by atoms with Gasteiger partial charge < -0.3 is 4.57 Å². The first kappa shape index (κ1) is 21.3. The average molecular weight is 456 g/mol. The van der Waals surface area contributed by atoms with E-state index in [-0.39, 0.29) is 21.0 Å². The smallest absolute Gasteiger partial charge is 0.283 e. The Morgan fingerprint density at radius 3 is 2.55 bits per heavy atom. The van der Waals surface area contributed by atoms with Gasteiger partial charge in [0.2, 0.25) is 19.4 Å². The molecule has 1 aromatic heterocycles. The number of aromatic nitrogens is 1. The zero-order valence-electron chi connectivity index (χ0n) is 17.7. The van der Waals surface area contributed by atoms with Crippen LogP contribution in [0.4, 0.5) is 0 Å². The molecule has 0 aliphatic carbocycles. The van der Waals surface area contributed by atoms with E-state index >= 15 is 0 Å². The molecule has 0 unspecified atom stereocenters. The van der Waals surface area contributed by atoms with E-state index in [1.807, 2.05) is 32.0 Å². The number of nitrogens with one attached hydrogen (secondary N) is 1. The van der Waals surface area contributed by atoms with Crippen LogP contribution in [0.2, 0.25) is 0 Å². The van der Waals surface area contributed by atoms with Gasteiger partial charge in [-0.3, -0.25) is 10.2 Å². The van der Waals surface area contributed by atoms with Gasteiger partial charge >= 0.3 is 0 Å². The van der Waals surface area contributed by atoms with Crippen molar-refractivity contribution in [1.82, 2.24) is 9.58 Å². The number of hydrogen-bond acceptors (Lipinski definition) is 6. The third kappa shape index (κ3) is 3.55. The molecule has 0 atom stereocenters. The highest BCUT2D eigenvalue weighted by molar-refractivity contribution is 8.42. The summed E-state index contributed by atoms with van der Waals surface area (Å²) in [7, 11) is -3.57. The third-order valence-electron chi connectivity index (χ3n) is 5.34. The van der Waals surface area contributed by atoms with E-state index in [1.54, 1.807) is 6.08 Å². The lowest BCUT2D eigenvalue weighted by atomic mass is 10.1. The Balaban J connectivity index is 1.79. The number of carbonyl (C=O) groups is 1. The molecule has 2 aromatic rings. The van der Waals surface area contributed by atoms with Gasteiger partial charge in [0.15, 0.2) is 5.84 Å². The largest absolute Gasteiger partial charge is 0.318 e. The van der Waals surface area contributed by atoms with Crippen LogP contribution in [0, 0.1) is 33.1 Å². The number of carbonyl (C=O) groups excluding carboxylic acids is 1. The lowest BCUT2D eigenvalue weighted by Gasteiger charge is -2.20. The number of rotatable bonds is 2. The zero-order chi connectivity index (χ0) is 22.7. The number of amidine groups is 2. The maximum absolute atomic E-state index is 12.6. The van der Waals surface area contributed by atoms with E-state index in [0.29, 0.717) is 0 Å². The maximum atomic E-state index is 12.6. The number of benzene rings is 1. The van der Waals surface area contributed by atoms with Gasteiger partial charge in [0.25, 0.3) is 5.91 Å². The molecule has 31 heavy (non-hydrogen) atoms. The molecule has 160 valence electrons. The highest BCUT2D eigenvalue weighted by atomic mass is 32.3. The average Bonchev–Trinajstić information content (AvgIpc) is 3.23. The van der Waals surface area contributed by atoms with Crippen molar-refractivity contribution in [2.24, 2.45) is 10.1 Å². The molecule has 8 nitrogen and oxygen atoms in total. The number of aliphatic imine (C=N–C) groups is 1. The van der Waals surface area contributed by atoms with Crippen molar-refractivity contribution in [2.75, 3.05) is 6.26 Å². The van der Waals surface area contributed by atoms with Gasteiger partial charge in [-0.2, -0.15) is 10.0 Å². The van der Waals surface area contributed by atoms with E-state index in [0.717, 1.165) is 51.2 Å². The number of hydrazone groups is 1. The van der Waals surface area contributed by atoms with Gasteiger partial charge in [-0.15, -0.1) is 5.10 Å². The van der Waals surface area contributed by atoms with Crippen LogP contribution >= 0.6 is 11.8 Å². The fraction of sp³-hybridized carbons (Fsp3) is 0.238. The molecule has 0 saturated carbocycles. The fourth-order valence-corrected chi connectivity index (χ4v) is 5.25. The number of sulfone groups is 1. The Labute approximate surface area is 184 Å². The molecule has 1 N–H and O–H groups in total. The van der Waals surface area contributed by atoms with Crippen molar-refractivity contribution < 1.29 is 13.2 Å². The predicted molar refractivity (Wildman–Crippen MR) is 125 cm³/mol. The van der Waals surface area contributed by atoms with Crippen LogP contribution < -0.4 is 0 Å². The van der Waals surface area contributed by atoms with Gasteiger partial charge in [-0.1, -0.05) is 12.1 Å². The lowest BCUT2D eigenvalue weighted by Crippen LogP contribution is -2.35. The Kier molecular flexibility index (Phi) is 5.01. The van der Waals surface area contributed by atoms with Gasteiger partial charge in [-0.25, -0.2) is 8.42 Å². The molecule has 0 fully saturated rings. The molecule has 1 aromatic carbocycles. The van der Waals surface area contributed by atoms with Gasteiger partial charge in [0.05, 0.1) is 5.57 Å². The molecule has 10 heteroatoms. The minimum atomic E-state index is -3.57. The number of hydrogen-bond donors (Lipinski definition) is 1. The Morgan fingerprint density at radius 2 is 1.87 bits per heavy atom. The summed E-state index contributed by atoms with van der Waals surface area (Å²) in [5.74, 6) is -0.789. The summed E-state index contributed by atoms with van der Waals surface area (Å²) in [4.78, 5) is 16.6. The first-order chi connectivity index (χ1) is 14.5. The summed E-state index contributed by atoms with van der Waals surface area (Å²) in [5, 5.41) is 13.6. The van der Waals surface area contributed by atoms with Crippen LogP contribution in [0.1, 0.15) is 28.1 Å². The second-order valence-corrected chi connectivity index (χ2v) is 10.7. The molecular formula is C21H21N5O3S2. The first-order valence-corrected chi connectivity index (χ1v) is 12.2.